The summed E-state index contributed by atoms with van der Waals surface area (Å²) in [6, 6.07) is 1.97. The summed E-state index contributed by atoms with van der Waals surface area (Å²) in [5, 5.41) is 3.00. The van der Waals surface area contributed by atoms with Crippen molar-refractivity contribution in [1.29, 1.82) is 0 Å². The van der Waals surface area contributed by atoms with E-state index in [0.717, 1.165) is 11.3 Å². The second-order valence-electron chi connectivity index (χ2n) is 4.54. The molecule has 15 heavy (non-hydrogen) atoms. The normalized spacial score (nSPS) is 12.7. The van der Waals surface area contributed by atoms with Gasteiger partial charge in [0.1, 0.15) is 0 Å². The number of aryl methyl sites for hydroxylation is 1. The molecule has 4 heteroatoms. The summed E-state index contributed by atoms with van der Waals surface area (Å²) in [5.41, 5.74) is 7.53. The second-order valence-corrected chi connectivity index (χ2v) is 4.54. The van der Waals surface area contributed by atoms with Crippen molar-refractivity contribution in [3.05, 3.63) is 24.0 Å². The first-order valence-corrected chi connectivity index (χ1v) is 4.91. The van der Waals surface area contributed by atoms with Gasteiger partial charge in [-0.25, -0.2) is 4.99 Å². The minimum absolute atomic E-state index is 0.172. The van der Waals surface area contributed by atoms with Crippen LogP contribution in [0.1, 0.15) is 26.3 Å². The summed E-state index contributed by atoms with van der Waals surface area (Å²) < 4.78 is 0. The standard InChI is InChI=1S/C11H18N4/c1-8-5-9(7-13-6-8)14-10(12)15-11(2,3)4/h5-7H,1-4H3,(H3,12,14,15). The number of nitrogens with two attached hydrogens (primary N) is 1. The van der Waals surface area contributed by atoms with Gasteiger partial charge >= 0.3 is 0 Å². The lowest BCUT2D eigenvalue weighted by molar-refractivity contribution is 0.583. The predicted octanol–water partition coefficient (Wildman–Crippen LogP) is 1.92. The van der Waals surface area contributed by atoms with E-state index >= 15 is 0 Å². The highest BCUT2D eigenvalue weighted by atomic mass is 15.1. The van der Waals surface area contributed by atoms with Crippen molar-refractivity contribution in [2.24, 2.45) is 10.7 Å². The summed E-state index contributed by atoms with van der Waals surface area (Å²) in [4.78, 5) is 8.35. The van der Waals surface area contributed by atoms with Gasteiger partial charge in [-0.1, -0.05) is 0 Å². The number of hydrogen-bond acceptors (Lipinski definition) is 2. The molecule has 1 aromatic heterocycles. The molecule has 1 heterocycles. The van der Waals surface area contributed by atoms with Crippen molar-refractivity contribution in [2.75, 3.05) is 5.32 Å². The molecule has 0 aliphatic heterocycles. The third-order valence-electron chi connectivity index (χ3n) is 1.60. The van der Waals surface area contributed by atoms with Gasteiger partial charge in [-0.2, -0.15) is 0 Å². The first-order valence-electron chi connectivity index (χ1n) is 4.91. The smallest absolute Gasteiger partial charge is 0.193 e. The predicted molar refractivity (Wildman–Crippen MR) is 64.0 cm³/mol. The van der Waals surface area contributed by atoms with Gasteiger partial charge in [0, 0.05) is 6.20 Å². The van der Waals surface area contributed by atoms with Gasteiger partial charge in [0.05, 0.1) is 17.4 Å². The van der Waals surface area contributed by atoms with Gasteiger partial charge in [-0.15, -0.1) is 0 Å². The van der Waals surface area contributed by atoms with Crippen LogP contribution in [0, 0.1) is 6.92 Å². The van der Waals surface area contributed by atoms with E-state index in [4.69, 9.17) is 5.73 Å². The Morgan fingerprint density at radius 3 is 2.60 bits per heavy atom. The number of aromatic nitrogens is 1. The molecule has 0 saturated carbocycles. The minimum atomic E-state index is -0.172. The quantitative estimate of drug-likeness (QED) is 0.545. The number of aliphatic imine (C=N–C) groups is 1. The third kappa shape index (κ3) is 4.44. The zero-order valence-electron chi connectivity index (χ0n) is 9.70. The van der Waals surface area contributed by atoms with Crippen molar-refractivity contribution < 1.29 is 0 Å². The van der Waals surface area contributed by atoms with Crippen molar-refractivity contribution in [2.45, 2.75) is 33.2 Å². The number of nitrogens with one attached hydrogen (secondary N) is 1. The highest BCUT2D eigenvalue weighted by Crippen LogP contribution is 2.09. The Morgan fingerprint density at radius 1 is 1.40 bits per heavy atom. The molecule has 4 nitrogen and oxygen atoms in total. The molecule has 0 aromatic carbocycles. The molecule has 0 spiro atoms. The zero-order valence-corrected chi connectivity index (χ0v) is 9.70. The van der Waals surface area contributed by atoms with Gasteiger partial charge in [0.2, 0.25) is 0 Å². The van der Waals surface area contributed by atoms with Crippen molar-refractivity contribution in [3.8, 4) is 0 Å². The van der Waals surface area contributed by atoms with E-state index in [0.29, 0.717) is 5.96 Å². The monoisotopic (exact) mass is 206 g/mol. The van der Waals surface area contributed by atoms with Crippen LogP contribution in [-0.4, -0.2) is 16.5 Å². The number of rotatable bonds is 1. The highest BCUT2D eigenvalue weighted by molar-refractivity contribution is 5.92. The summed E-state index contributed by atoms with van der Waals surface area (Å²) >= 11 is 0. The number of pyridine rings is 1. The Bertz CT molecular complexity index is 363. The van der Waals surface area contributed by atoms with E-state index in [9.17, 15) is 0 Å². The van der Waals surface area contributed by atoms with Crippen LogP contribution in [0.2, 0.25) is 0 Å². The van der Waals surface area contributed by atoms with Crippen molar-refractivity contribution >= 4 is 11.6 Å². The first-order chi connectivity index (χ1) is 6.87. The lowest BCUT2D eigenvalue weighted by Gasteiger charge is -2.14. The van der Waals surface area contributed by atoms with Crippen LogP contribution in [0.25, 0.3) is 0 Å². The average molecular weight is 206 g/mol. The van der Waals surface area contributed by atoms with Crippen LogP contribution >= 0.6 is 0 Å². The molecule has 82 valence electrons. The maximum atomic E-state index is 5.75. The Labute approximate surface area is 90.6 Å². The number of anilines is 1. The van der Waals surface area contributed by atoms with Crippen LogP contribution in [0.3, 0.4) is 0 Å². The van der Waals surface area contributed by atoms with Gasteiger partial charge in [0.15, 0.2) is 5.96 Å². The fourth-order valence-corrected chi connectivity index (χ4v) is 1.16. The average Bonchev–Trinajstić information content (AvgIpc) is 1.99. The van der Waals surface area contributed by atoms with E-state index in [1.165, 1.54) is 0 Å². The van der Waals surface area contributed by atoms with Crippen molar-refractivity contribution in [1.82, 2.24) is 4.98 Å². The minimum Gasteiger partial charge on any atom is -0.370 e. The molecule has 0 atom stereocenters. The third-order valence-corrected chi connectivity index (χ3v) is 1.60. The highest BCUT2D eigenvalue weighted by Gasteiger charge is 2.08. The second kappa shape index (κ2) is 4.29. The summed E-state index contributed by atoms with van der Waals surface area (Å²) in [6.45, 7) is 7.97. The molecular weight excluding hydrogens is 188 g/mol. The van der Waals surface area contributed by atoms with E-state index in [1.54, 1.807) is 12.4 Å². The zero-order chi connectivity index (χ0) is 11.5. The van der Waals surface area contributed by atoms with Crippen LogP contribution in [0.4, 0.5) is 5.69 Å². The molecule has 0 bridgehead atoms. The molecule has 3 N–H and O–H groups in total. The summed E-state index contributed by atoms with van der Waals surface area (Å²) in [6.07, 6.45) is 3.51. The molecule has 0 amide bonds. The van der Waals surface area contributed by atoms with Gasteiger partial charge in [0.25, 0.3) is 0 Å². The van der Waals surface area contributed by atoms with E-state index in [-0.39, 0.29) is 5.54 Å². The Hall–Kier alpha value is -1.58. The Morgan fingerprint density at radius 2 is 2.07 bits per heavy atom. The SMILES string of the molecule is Cc1cncc(NC(N)=NC(C)(C)C)c1. The van der Waals surface area contributed by atoms with Gasteiger partial charge < -0.3 is 11.1 Å². The van der Waals surface area contributed by atoms with E-state index in [1.807, 2.05) is 33.8 Å². The molecular formula is C11H18N4. The largest absolute Gasteiger partial charge is 0.370 e. The van der Waals surface area contributed by atoms with Crippen molar-refractivity contribution in [3.63, 3.8) is 0 Å². The maximum absolute atomic E-state index is 5.75. The lowest BCUT2D eigenvalue weighted by atomic mass is 10.1. The molecule has 0 unspecified atom stereocenters. The van der Waals surface area contributed by atoms with Crippen LogP contribution in [0.5, 0.6) is 0 Å². The molecule has 1 rings (SSSR count). The van der Waals surface area contributed by atoms with Gasteiger partial charge in [-0.3, -0.25) is 4.98 Å². The topological polar surface area (TPSA) is 63.3 Å². The van der Waals surface area contributed by atoms with Crippen LogP contribution in [-0.2, 0) is 0 Å². The number of hydrogen-bond donors (Lipinski definition) is 2. The molecule has 0 saturated heterocycles. The number of nitrogens with zero attached hydrogens (tertiary/aromatic N) is 2. The summed E-state index contributed by atoms with van der Waals surface area (Å²) in [5.74, 6) is 0.412. The van der Waals surface area contributed by atoms with E-state index in [2.05, 4.69) is 15.3 Å². The maximum Gasteiger partial charge on any atom is 0.193 e. The molecule has 0 aliphatic carbocycles. The van der Waals surface area contributed by atoms with Crippen LogP contribution < -0.4 is 11.1 Å². The Kier molecular flexibility index (Phi) is 3.29. The molecule has 0 radical (unpaired) electrons. The fourth-order valence-electron chi connectivity index (χ4n) is 1.16. The van der Waals surface area contributed by atoms with E-state index < -0.39 is 0 Å². The fraction of sp³-hybridized carbons (Fsp3) is 0.455. The Balaban J connectivity index is 2.75. The molecule has 0 aliphatic rings. The molecule has 0 fully saturated rings. The lowest BCUT2D eigenvalue weighted by Crippen LogP contribution is -2.27. The van der Waals surface area contributed by atoms with Gasteiger partial charge in [-0.05, 0) is 39.3 Å². The number of guanidine groups is 1. The summed E-state index contributed by atoms with van der Waals surface area (Å²) in [7, 11) is 0. The first kappa shape index (κ1) is 11.5. The molecule has 1 aromatic rings. The van der Waals surface area contributed by atoms with Crippen LogP contribution in [0.15, 0.2) is 23.5 Å².